The lowest BCUT2D eigenvalue weighted by atomic mass is 10.2. The quantitative estimate of drug-likeness (QED) is 0.751. The number of aldehydes is 1. The van der Waals surface area contributed by atoms with Crippen molar-refractivity contribution >= 4 is 6.29 Å². The van der Waals surface area contributed by atoms with Crippen molar-refractivity contribution in [1.82, 2.24) is 9.97 Å². The monoisotopic (exact) mass is 234 g/mol. The number of rotatable bonds is 3. The second-order valence-corrected chi connectivity index (χ2v) is 3.24. The molecule has 0 radical (unpaired) electrons. The highest BCUT2D eigenvalue weighted by Gasteiger charge is 2.36. The van der Waals surface area contributed by atoms with E-state index in [-0.39, 0.29) is 12.4 Å². The van der Waals surface area contributed by atoms with Crippen molar-refractivity contribution in [1.29, 1.82) is 0 Å². The van der Waals surface area contributed by atoms with Gasteiger partial charge in [0.25, 0.3) is 0 Å². The molecule has 0 saturated heterocycles. The van der Waals surface area contributed by atoms with Crippen LogP contribution < -0.4 is 4.74 Å². The fourth-order valence-electron chi connectivity index (χ4n) is 0.956. The number of carbonyl (C=O) groups is 1. The Balaban J connectivity index is 3.16. The number of carbonyl (C=O) groups excluding carboxylic acids is 1. The molecule has 4 nitrogen and oxygen atoms in total. The molecule has 88 valence electrons. The van der Waals surface area contributed by atoms with E-state index >= 15 is 0 Å². The third-order valence-electron chi connectivity index (χ3n) is 1.53. The summed E-state index contributed by atoms with van der Waals surface area (Å²) >= 11 is 0. The molecule has 0 unspecified atom stereocenters. The summed E-state index contributed by atoms with van der Waals surface area (Å²) in [5, 5.41) is 0. The van der Waals surface area contributed by atoms with Gasteiger partial charge in [0.15, 0.2) is 12.0 Å². The van der Waals surface area contributed by atoms with Gasteiger partial charge in [0, 0.05) is 6.20 Å². The van der Waals surface area contributed by atoms with E-state index in [1.54, 1.807) is 13.8 Å². The molecule has 1 aromatic heterocycles. The van der Waals surface area contributed by atoms with E-state index in [0.717, 1.165) is 6.20 Å². The van der Waals surface area contributed by atoms with Gasteiger partial charge in [0.1, 0.15) is 0 Å². The Morgan fingerprint density at radius 2 is 2.06 bits per heavy atom. The number of alkyl halides is 3. The molecule has 1 heterocycles. The highest BCUT2D eigenvalue weighted by atomic mass is 19.4. The topological polar surface area (TPSA) is 52.1 Å². The van der Waals surface area contributed by atoms with Crippen LogP contribution in [0.2, 0.25) is 0 Å². The molecule has 7 heteroatoms. The van der Waals surface area contributed by atoms with Crippen molar-refractivity contribution in [2.45, 2.75) is 26.1 Å². The number of aromatic nitrogens is 2. The van der Waals surface area contributed by atoms with Crippen LogP contribution in [-0.4, -0.2) is 22.4 Å². The number of hydrogen-bond donors (Lipinski definition) is 0. The van der Waals surface area contributed by atoms with E-state index in [0.29, 0.717) is 0 Å². The zero-order valence-corrected chi connectivity index (χ0v) is 8.58. The largest absolute Gasteiger partial charge is 0.461 e. The Kier molecular flexibility index (Phi) is 3.46. The van der Waals surface area contributed by atoms with Crippen molar-refractivity contribution < 1.29 is 22.7 Å². The van der Waals surface area contributed by atoms with Gasteiger partial charge in [-0.15, -0.1) is 0 Å². The van der Waals surface area contributed by atoms with E-state index in [1.807, 2.05) is 0 Å². The standard InChI is InChI=1S/C9H9F3N2O2/c1-5(2)16-8-13-3-6(4-15)7(14-8)9(10,11)12/h3-5H,1-2H3. The molecule has 0 spiro atoms. The Bertz CT molecular complexity index is 391. The molecule has 16 heavy (non-hydrogen) atoms. The lowest BCUT2D eigenvalue weighted by molar-refractivity contribution is -0.141. The van der Waals surface area contributed by atoms with Crippen LogP contribution in [0, 0.1) is 0 Å². The minimum Gasteiger partial charge on any atom is -0.461 e. The van der Waals surface area contributed by atoms with Crippen molar-refractivity contribution in [3.63, 3.8) is 0 Å². The Morgan fingerprint density at radius 1 is 1.44 bits per heavy atom. The minimum absolute atomic E-state index is 0.0575. The van der Waals surface area contributed by atoms with Gasteiger partial charge in [0.2, 0.25) is 0 Å². The van der Waals surface area contributed by atoms with E-state index in [1.165, 1.54) is 0 Å². The van der Waals surface area contributed by atoms with Crippen molar-refractivity contribution in [3.8, 4) is 6.01 Å². The van der Waals surface area contributed by atoms with Crippen LogP contribution in [0.1, 0.15) is 29.9 Å². The first-order valence-corrected chi connectivity index (χ1v) is 4.40. The summed E-state index contributed by atoms with van der Waals surface area (Å²) in [6, 6.07) is -0.395. The Labute approximate surface area is 89.5 Å². The molecule has 0 aliphatic rings. The van der Waals surface area contributed by atoms with E-state index < -0.39 is 23.4 Å². The normalized spacial score (nSPS) is 11.6. The van der Waals surface area contributed by atoms with Gasteiger partial charge < -0.3 is 4.74 Å². The third-order valence-corrected chi connectivity index (χ3v) is 1.53. The lowest BCUT2D eigenvalue weighted by Gasteiger charge is -2.11. The van der Waals surface area contributed by atoms with Crippen LogP contribution in [0.15, 0.2) is 6.20 Å². The summed E-state index contributed by atoms with van der Waals surface area (Å²) in [5.74, 6) is 0. The fourth-order valence-corrected chi connectivity index (χ4v) is 0.956. The average Bonchev–Trinajstić information content (AvgIpc) is 2.15. The van der Waals surface area contributed by atoms with Crippen molar-refractivity contribution in [3.05, 3.63) is 17.5 Å². The summed E-state index contributed by atoms with van der Waals surface area (Å²) in [7, 11) is 0. The molecular weight excluding hydrogens is 225 g/mol. The Hall–Kier alpha value is -1.66. The summed E-state index contributed by atoms with van der Waals surface area (Å²) < 4.78 is 42.3. The highest BCUT2D eigenvalue weighted by Crippen LogP contribution is 2.30. The first kappa shape index (κ1) is 12.4. The zero-order valence-electron chi connectivity index (χ0n) is 8.58. The maximum absolute atomic E-state index is 12.4. The summed E-state index contributed by atoms with van der Waals surface area (Å²) in [6.07, 6.45) is -4.19. The summed E-state index contributed by atoms with van der Waals surface area (Å²) in [5.41, 5.74) is -1.89. The Morgan fingerprint density at radius 3 is 2.50 bits per heavy atom. The average molecular weight is 234 g/mol. The van der Waals surface area contributed by atoms with Gasteiger partial charge in [-0.05, 0) is 13.8 Å². The highest BCUT2D eigenvalue weighted by molar-refractivity contribution is 5.76. The van der Waals surface area contributed by atoms with E-state index in [2.05, 4.69) is 9.97 Å². The zero-order chi connectivity index (χ0) is 12.3. The number of nitrogens with zero attached hydrogens (tertiary/aromatic N) is 2. The van der Waals surface area contributed by atoms with E-state index in [9.17, 15) is 18.0 Å². The minimum atomic E-state index is -4.70. The molecule has 1 aromatic rings. The number of halogens is 3. The van der Waals surface area contributed by atoms with Gasteiger partial charge in [-0.1, -0.05) is 0 Å². The van der Waals surface area contributed by atoms with Crippen molar-refractivity contribution in [2.75, 3.05) is 0 Å². The molecule has 0 aromatic carbocycles. The fraction of sp³-hybridized carbons (Fsp3) is 0.444. The van der Waals surface area contributed by atoms with Crippen LogP contribution >= 0.6 is 0 Å². The van der Waals surface area contributed by atoms with Gasteiger partial charge in [0.05, 0.1) is 11.7 Å². The molecular formula is C9H9F3N2O2. The van der Waals surface area contributed by atoms with Gasteiger partial charge in [-0.3, -0.25) is 4.79 Å². The van der Waals surface area contributed by atoms with Crippen LogP contribution in [0.5, 0.6) is 6.01 Å². The molecule has 0 amide bonds. The van der Waals surface area contributed by atoms with Crippen molar-refractivity contribution in [2.24, 2.45) is 0 Å². The molecule has 0 atom stereocenters. The molecule has 0 aliphatic carbocycles. The predicted molar refractivity (Wildman–Crippen MR) is 48.2 cm³/mol. The molecule has 0 fully saturated rings. The predicted octanol–water partition coefficient (Wildman–Crippen LogP) is 2.10. The third kappa shape index (κ3) is 2.91. The van der Waals surface area contributed by atoms with E-state index in [4.69, 9.17) is 4.74 Å². The second-order valence-electron chi connectivity index (χ2n) is 3.24. The lowest BCUT2D eigenvalue weighted by Crippen LogP contribution is -2.16. The SMILES string of the molecule is CC(C)Oc1ncc(C=O)c(C(F)(F)F)n1. The summed E-state index contributed by atoms with van der Waals surface area (Å²) in [6.45, 7) is 3.26. The molecule has 0 aliphatic heterocycles. The maximum Gasteiger partial charge on any atom is 0.434 e. The van der Waals surface area contributed by atoms with Crippen LogP contribution in [0.25, 0.3) is 0 Å². The van der Waals surface area contributed by atoms with Crippen LogP contribution in [0.3, 0.4) is 0 Å². The molecule has 1 rings (SSSR count). The van der Waals surface area contributed by atoms with Gasteiger partial charge in [-0.2, -0.15) is 18.2 Å². The molecule has 0 bridgehead atoms. The first-order chi connectivity index (χ1) is 7.34. The second kappa shape index (κ2) is 4.46. The summed E-state index contributed by atoms with van der Waals surface area (Å²) in [4.78, 5) is 17.1. The number of ether oxygens (including phenoxy) is 1. The van der Waals surface area contributed by atoms with Crippen LogP contribution in [0.4, 0.5) is 13.2 Å². The smallest absolute Gasteiger partial charge is 0.434 e. The van der Waals surface area contributed by atoms with Crippen LogP contribution in [-0.2, 0) is 6.18 Å². The molecule has 0 N–H and O–H groups in total. The van der Waals surface area contributed by atoms with Gasteiger partial charge in [-0.25, -0.2) is 4.98 Å². The number of hydrogen-bond acceptors (Lipinski definition) is 4. The maximum atomic E-state index is 12.4. The molecule has 0 saturated carbocycles. The first-order valence-electron chi connectivity index (χ1n) is 4.40. The van der Waals surface area contributed by atoms with Gasteiger partial charge >= 0.3 is 12.2 Å².